The molecule has 2 aliphatic rings. The third kappa shape index (κ3) is 4.00. The van der Waals surface area contributed by atoms with E-state index in [0.29, 0.717) is 13.0 Å². The minimum absolute atomic E-state index is 0.0296. The SMILES string of the molecule is COC[C@H](C)Oc1ccc2[nH]nc(-c3cc(N4CCC5(CCC(=O)N5)CC4)ncn3)c2c1. The van der Waals surface area contributed by atoms with Crippen LogP contribution in [0.25, 0.3) is 22.3 Å². The quantitative estimate of drug-likeness (QED) is 0.612. The second-order valence-corrected chi connectivity index (χ2v) is 8.74. The van der Waals surface area contributed by atoms with Crippen LogP contribution >= 0.6 is 0 Å². The molecule has 4 heterocycles. The van der Waals surface area contributed by atoms with Gasteiger partial charge in [0.05, 0.1) is 17.8 Å². The van der Waals surface area contributed by atoms with Gasteiger partial charge in [-0.2, -0.15) is 5.10 Å². The van der Waals surface area contributed by atoms with Crippen LogP contribution in [0.4, 0.5) is 5.82 Å². The number of rotatable bonds is 6. The first-order valence-electron chi connectivity index (χ1n) is 11.1. The van der Waals surface area contributed by atoms with Crippen LogP contribution in [0.15, 0.2) is 30.6 Å². The van der Waals surface area contributed by atoms with Crippen molar-refractivity contribution in [2.75, 3.05) is 31.7 Å². The standard InChI is InChI=1S/C23H28N6O3/c1-15(13-31-2)32-16-3-4-18-17(11-16)22(28-27-18)19-12-20(25-14-24-19)29-9-7-23(8-10-29)6-5-21(30)26-23/h3-4,11-12,14-15H,5-10,13H2,1-2H3,(H,26,30)(H,27,28)/t15-/m0/s1. The van der Waals surface area contributed by atoms with Gasteiger partial charge in [0, 0.05) is 43.6 Å². The minimum atomic E-state index is -0.0505. The van der Waals surface area contributed by atoms with Crippen LogP contribution in [0.2, 0.25) is 0 Å². The first-order chi connectivity index (χ1) is 15.5. The van der Waals surface area contributed by atoms with Crippen LogP contribution in [-0.2, 0) is 9.53 Å². The summed E-state index contributed by atoms with van der Waals surface area (Å²) in [5.74, 6) is 1.82. The summed E-state index contributed by atoms with van der Waals surface area (Å²) in [5.41, 5.74) is 2.42. The molecule has 2 saturated heterocycles. The fourth-order valence-corrected chi connectivity index (χ4v) is 4.72. The summed E-state index contributed by atoms with van der Waals surface area (Å²) in [5, 5.41) is 11.7. The number of anilines is 1. The molecule has 3 aromatic rings. The molecule has 168 valence electrons. The Morgan fingerprint density at radius 3 is 2.78 bits per heavy atom. The van der Waals surface area contributed by atoms with Crippen molar-refractivity contribution in [3.8, 4) is 17.1 Å². The van der Waals surface area contributed by atoms with Crippen LogP contribution in [0.5, 0.6) is 5.75 Å². The highest BCUT2D eigenvalue weighted by atomic mass is 16.5. The fourth-order valence-electron chi connectivity index (χ4n) is 4.72. The lowest BCUT2D eigenvalue weighted by Gasteiger charge is -2.39. The van der Waals surface area contributed by atoms with E-state index in [9.17, 15) is 4.79 Å². The molecule has 5 rings (SSSR count). The molecular formula is C23H28N6O3. The molecule has 1 atom stereocenters. The van der Waals surface area contributed by atoms with Crippen molar-refractivity contribution in [2.24, 2.45) is 0 Å². The number of benzene rings is 1. The summed E-state index contributed by atoms with van der Waals surface area (Å²) in [6.07, 6.45) is 4.98. The maximum absolute atomic E-state index is 11.7. The Kier molecular flexibility index (Phi) is 5.42. The van der Waals surface area contributed by atoms with Crippen molar-refractivity contribution in [3.63, 3.8) is 0 Å². The maximum Gasteiger partial charge on any atom is 0.220 e. The molecule has 0 aliphatic carbocycles. The molecule has 32 heavy (non-hydrogen) atoms. The van der Waals surface area contributed by atoms with Crippen molar-refractivity contribution in [1.82, 2.24) is 25.5 Å². The van der Waals surface area contributed by atoms with E-state index >= 15 is 0 Å². The number of H-pyrrole nitrogens is 1. The lowest BCUT2D eigenvalue weighted by molar-refractivity contribution is -0.119. The maximum atomic E-state index is 11.7. The highest BCUT2D eigenvalue weighted by Gasteiger charge is 2.40. The Labute approximate surface area is 186 Å². The molecular weight excluding hydrogens is 408 g/mol. The van der Waals surface area contributed by atoms with Crippen molar-refractivity contribution in [3.05, 3.63) is 30.6 Å². The first kappa shape index (κ1) is 20.7. The largest absolute Gasteiger partial charge is 0.488 e. The van der Waals surface area contributed by atoms with E-state index in [2.05, 4.69) is 30.4 Å². The predicted octanol–water partition coefficient (Wildman–Crippen LogP) is 2.68. The summed E-state index contributed by atoms with van der Waals surface area (Å²) >= 11 is 0. The zero-order valence-electron chi connectivity index (χ0n) is 18.4. The van der Waals surface area contributed by atoms with E-state index in [1.807, 2.05) is 31.2 Å². The number of amides is 1. The third-order valence-electron chi connectivity index (χ3n) is 6.45. The smallest absolute Gasteiger partial charge is 0.220 e. The van der Waals surface area contributed by atoms with E-state index in [1.165, 1.54) is 0 Å². The number of aromatic nitrogens is 4. The molecule has 9 heteroatoms. The lowest BCUT2D eigenvalue weighted by Crippen LogP contribution is -2.51. The fraction of sp³-hybridized carbons (Fsp3) is 0.478. The summed E-state index contributed by atoms with van der Waals surface area (Å²) < 4.78 is 11.1. The average Bonchev–Trinajstić information content (AvgIpc) is 3.38. The summed E-state index contributed by atoms with van der Waals surface area (Å²) in [4.78, 5) is 23.0. The zero-order valence-corrected chi connectivity index (χ0v) is 18.4. The number of hydrogen-bond donors (Lipinski definition) is 2. The van der Waals surface area contributed by atoms with Crippen LogP contribution in [-0.4, -0.2) is 64.5 Å². The highest BCUT2D eigenvalue weighted by Crippen LogP contribution is 2.34. The monoisotopic (exact) mass is 436 g/mol. The van der Waals surface area contributed by atoms with Crippen molar-refractivity contribution in [2.45, 2.75) is 44.2 Å². The van der Waals surface area contributed by atoms with Crippen molar-refractivity contribution < 1.29 is 14.3 Å². The molecule has 9 nitrogen and oxygen atoms in total. The number of methoxy groups -OCH3 is 1. The molecule has 2 aliphatic heterocycles. The molecule has 0 bridgehead atoms. The van der Waals surface area contributed by atoms with E-state index < -0.39 is 0 Å². The van der Waals surface area contributed by atoms with Gasteiger partial charge in [0.25, 0.3) is 0 Å². The summed E-state index contributed by atoms with van der Waals surface area (Å²) in [6.45, 7) is 4.20. The van der Waals surface area contributed by atoms with Gasteiger partial charge in [-0.05, 0) is 44.4 Å². The molecule has 1 aromatic carbocycles. The van der Waals surface area contributed by atoms with Gasteiger partial charge in [0.1, 0.15) is 29.7 Å². The van der Waals surface area contributed by atoms with E-state index in [4.69, 9.17) is 9.47 Å². The number of carbonyl (C=O) groups is 1. The molecule has 1 amide bonds. The van der Waals surface area contributed by atoms with Crippen LogP contribution in [0.3, 0.4) is 0 Å². The van der Waals surface area contributed by atoms with E-state index in [-0.39, 0.29) is 17.6 Å². The number of fused-ring (bicyclic) bond motifs is 1. The summed E-state index contributed by atoms with van der Waals surface area (Å²) in [6, 6.07) is 7.85. The lowest BCUT2D eigenvalue weighted by atomic mass is 9.86. The Morgan fingerprint density at radius 2 is 2.03 bits per heavy atom. The number of nitrogens with zero attached hydrogens (tertiary/aromatic N) is 4. The predicted molar refractivity (Wildman–Crippen MR) is 121 cm³/mol. The van der Waals surface area contributed by atoms with Gasteiger partial charge in [-0.3, -0.25) is 9.89 Å². The van der Waals surface area contributed by atoms with Gasteiger partial charge in [0.15, 0.2) is 0 Å². The molecule has 0 unspecified atom stereocenters. The minimum Gasteiger partial charge on any atom is -0.488 e. The van der Waals surface area contributed by atoms with E-state index in [0.717, 1.165) is 66.2 Å². The van der Waals surface area contributed by atoms with Gasteiger partial charge in [-0.15, -0.1) is 0 Å². The number of nitrogens with one attached hydrogen (secondary N) is 2. The molecule has 1 spiro atoms. The highest BCUT2D eigenvalue weighted by molar-refractivity contribution is 5.93. The van der Waals surface area contributed by atoms with Gasteiger partial charge in [-0.1, -0.05) is 0 Å². The molecule has 0 radical (unpaired) electrons. The second-order valence-electron chi connectivity index (χ2n) is 8.74. The van der Waals surface area contributed by atoms with Crippen LogP contribution in [0, 0.1) is 0 Å². The van der Waals surface area contributed by atoms with Crippen LogP contribution < -0.4 is 15.0 Å². The Hall–Kier alpha value is -3.20. The van der Waals surface area contributed by atoms with Crippen LogP contribution in [0.1, 0.15) is 32.6 Å². The molecule has 0 saturated carbocycles. The number of ether oxygens (including phenoxy) is 2. The van der Waals surface area contributed by atoms with Crippen molar-refractivity contribution >= 4 is 22.6 Å². The number of aromatic amines is 1. The molecule has 2 aromatic heterocycles. The van der Waals surface area contributed by atoms with E-state index in [1.54, 1.807) is 13.4 Å². The Morgan fingerprint density at radius 1 is 1.19 bits per heavy atom. The first-order valence-corrected chi connectivity index (χ1v) is 11.1. The number of hydrogen-bond acceptors (Lipinski definition) is 7. The van der Waals surface area contributed by atoms with Gasteiger partial charge in [-0.25, -0.2) is 9.97 Å². The second kappa shape index (κ2) is 8.38. The average molecular weight is 437 g/mol. The Balaban J connectivity index is 1.37. The van der Waals surface area contributed by atoms with Gasteiger partial charge in [0.2, 0.25) is 5.91 Å². The van der Waals surface area contributed by atoms with Gasteiger partial charge < -0.3 is 19.7 Å². The zero-order chi connectivity index (χ0) is 22.1. The topological polar surface area (TPSA) is 105 Å². The number of carbonyl (C=O) groups excluding carboxylic acids is 1. The molecule has 2 fully saturated rings. The third-order valence-corrected chi connectivity index (χ3v) is 6.45. The van der Waals surface area contributed by atoms with Gasteiger partial charge >= 0.3 is 0 Å². The normalized spacial score (nSPS) is 18.8. The van der Waals surface area contributed by atoms with Crippen molar-refractivity contribution in [1.29, 1.82) is 0 Å². The summed E-state index contributed by atoms with van der Waals surface area (Å²) in [7, 11) is 1.66. The molecule has 2 N–H and O–H groups in total. The number of piperidine rings is 1. The Bertz CT molecular complexity index is 1120.